The molecule has 0 radical (unpaired) electrons. The largest absolute Gasteiger partial charge is 1.00 e. The predicted octanol–water partition coefficient (Wildman–Crippen LogP) is -0.691. The van der Waals surface area contributed by atoms with Crippen LogP contribution in [-0.4, -0.2) is 39.7 Å². The normalized spacial score (nSPS) is 12.3. The maximum atomic E-state index is 11.7. The van der Waals surface area contributed by atoms with Crippen molar-refractivity contribution in [1.29, 1.82) is 0 Å². The Morgan fingerprint density at radius 1 is 1.22 bits per heavy atom. The molecule has 10 heteroatoms. The molecular weight excluding hydrogens is 371 g/mol. The number of pyridine rings is 2. The zero-order chi connectivity index (χ0) is 17.1. The zero-order valence-corrected chi connectivity index (χ0v) is 17.9. The van der Waals surface area contributed by atoms with Gasteiger partial charge < -0.3 is 4.55 Å². The van der Waals surface area contributed by atoms with E-state index in [0.29, 0.717) is 10.5 Å². The maximum Gasteiger partial charge on any atom is 1.00 e. The van der Waals surface area contributed by atoms with Crippen LogP contribution in [0.25, 0.3) is 10.8 Å². The summed E-state index contributed by atoms with van der Waals surface area (Å²) in [6.45, 7) is 4.04. The molecule has 0 saturated heterocycles. The number of hydrogen-bond donors (Lipinski definition) is 0. The Morgan fingerprint density at radius 2 is 1.74 bits per heavy atom. The summed E-state index contributed by atoms with van der Waals surface area (Å²) in [6.07, 6.45) is 5.28. The molecule has 1 atom stereocenters. The summed E-state index contributed by atoms with van der Waals surface area (Å²) in [4.78, 5) is 8.00. The minimum absolute atomic E-state index is 0. The van der Waals surface area contributed by atoms with Crippen LogP contribution in [0.15, 0.2) is 23.5 Å². The minimum atomic E-state index is -3.38. The van der Waals surface area contributed by atoms with E-state index in [1.807, 2.05) is 13.8 Å². The van der Waals surface area contributed by atoms with Crippen LogP contribution >= 0.6 is 11.6 Å². The number of hydrogen-bond acceptors (Lipinski definition) is 6. The van der Waals surface area contributed by atoms with Gasteiger partial charge in [0.1, 0.15) is 5.15 Å². The van der Waals surface area contributed by atoms with Crippen molar-refractivity contribution in [3.8, 4) is 0 Å². The Kier molecular flexibility index (Phi) is 9.37. The monoisotopic (exact) mass is 386 g/mol. The Labute approximate surface area is 165 Å². The molecular formula is C13H16ClN2NaO4S2. The summed E-state index contributed by atoms with van der Waals surface area (Å²) in [7, 11) is -3.38. The quantitative estimate of drug-likeness (QED) is 0.385. The van der Waals surface area contributed by atoms with Crippen molar-refractivity contribution >= 4 is 43.3 Å². The van der Waals surface area contributed by atoms with Gasteiger partial charge >= 0.3 is 29.6 Å². The van der Waals surface area contributed by atoms with Crippen molar-refractivity contribution in [3.05, 3.63) is 29.2 Å². The first kappa shape index (κ1) is 22.9. The molecule has 2 aromatic rings. The minimum Gasteiger partial charge on any atom is -0.773 e. The van der Waals surface area contributed by atoms with Crippen LogP contribution in [0.5, 0.6) is 0 Å². The Balaban J connectivity index is 0.000000871. The number of halogens is 1. The van der Waals surface area contributed by atoms with Gasteiger partial charge in [0.25, 0.3) is 0 Å². The standard InChI is InChI=1S/C12H13ClN2O2S.CH4O2S.Na/c1-7(2)9-5-15-12(18(3,16)17)10-6-14-11(13)4-8(9)10;1-4(2)3;/h4-7H,1-3H3;1H3,(H,2,3);/q;;+1/p-1. The summed E-state index contributed by atoms with van der Waals surface area (Å²) in [6, 6.07) is 1.68. The summed E-state index contributed by atoms with van der Waals surface area (Å²) in [5.41, 5.74) is 0.960. The average molecular weight is 387 g/mol. The number of fused-ring (bicyclic) bond motifs is 1. The predicted molar refractivity (Wildman–Crippen MR) is 86.6 cm³/mol. The van der Waals surface area contributed by atoms with Crippen molar-refractivity contribution in [2.75, 3.05) is 12.5 Å². The van der Waals surface area contributed by atoms with Gasteiger partial charge in [-0.3, -0.25) is 4.21 Å². The van der Waals surface area contributed by atoms with Crippen molar-refractivity contribution in [3.63, 3.8) is 0 Å². The van der Waals surface area contributed by atoms with E-state index in [2.05, 4.69) is 9.97 Å². The molecule has 0 spiro atoms. The second kappa shape index (κ2) is 9.41. The molecule has 0 aromatic carbocycles. The molecule has 0 saturated carbocycles. The van der Waals surface area contributed by atoms with E-state index in [-0.39, 0.29) is 40.5 Å². The first-order chi connectivity index (χ1) is 10.0. The molecule has 0 aliphatic rings. The van der Waals surface area contributed by atoms with Gasteiger partial charge in [0.05, 0.1) is 0 Å². The van der Waals surface area contributed by atoms with E-state index in [4.69, 9.17) is 20.4 Å². The molecule has 23 heavy (non-hydrogen) atoms. The van der Waals surface area contributed by atoms with E-state index in [1.54, 1.807) is 12.3 Å². The fourth-order valence-corrected chi connectivity index (χ4v) is 2.83. The molecule has 1 unspecified atom stereocenters. The van der Waals surface area contributed by atoms with Crippen molar-refractivity contribution in [2.45, 2.75) is 24.8 Å². The van der Waals surface area contributed by atoms with Crippen LogP contribution in [-0.2, 0) is 20.9 Å². The summed E-state index contributed by atoms with van der Waals surface area (Å²) in [5, 5.41) is 1.70. The Hall–Kier alpha value is -0.0900. The van der Waals surface area contributed by atoms with Crippen LogP contribution in [0, 0.1) is 0 Å². The molecule has 2 rings (SSSR count). The molecule has 2 heterocycles. The Morgan fingerprint density at radius 3 is 2.17 bits per heavy atom. The van der Waals surface area contributed by atoms with Gasteiger partial charge in [0.2, 0.25) is 0 Å². The first-order valence-electron chi connectivity index (χ1n) is 6.19. The third kappa shape index (κ3) is 6.74. The van der Waals surface area contributed by atoms with E-state index < -0.39 is 20.9 Å². The topological polar surface area (TPSA) is 100 Å². The molecule has 0 aliphatic carbocycles. The number of sulfone groups is 1. The maximum absolute atomic E-state index is 11.7. The van der Waals surface area contributed by atoms with Crippen LogP contribution in [0.4, 0.5) is 0 Å². The van der Waals surface area contributed by atoms with Gasteiger partial charge in [-0.15, -0.1) is 0 Å². The molecule has 0 fully saturated rings. The molecule has 0 aliphatic heterocycles. The van der Waals surface area contributed by atoms with Crippen molar-refractivity contribution < 1.29 is 46.7 Å². The van der Waals surface area contributed by atoms with Crippen LogP contribution in [0.3, 0.4) is 0 Å². The number of rotatable bonds is 2. The van der Waals surface area contributed by atoms with Gasteiger partial charge in [0.15, 0.2) is 14.9 Å². The third-order valence-corrected chi connectivity index (χ3v) is 3.94. The summed E-state index contributed by atoms with van der Waals surface area (Å²) >= 11 is 4.02. The third-order valence-electron chi connectivity index (χ3n) is 2.71. The zero-order valence-electron chi connectivity index (χ0n) is 13.5. The molecule has 0 amide bonds. The fourth-order valence-electron chi connectivity index (χ4n) is 1.86. The second-order valence-corrected chi connectivity index (χ2v) is 8.02. The van der Waals surface area contributed by atoms with Crippen molar-refractivity contribution in [1.82, 2.24) is 9.97 Å². The molecule has 122 valence electrons. The van der Waals surface area contributed by atoms with E-state index in [9.17, 15) is 8.42 Å². The SMILES string of the molecule is CC(C)c1cnc(S(C)(=O)=O)c2cnc(Cl)cc12.CS(=O)[O-].[Na+]. The number of nitrogens with zero attached hydrogens (tertiary/aromatic N) is 2. The molecule has 2 aromatic heterocycles. The molecule has 0 N–H and O–H groups in total. The molecule has 0 bridgehead atoms. The second-order valence-electron chi connectivity index (χ2n) is 4.90. The van der Waals surface area contributed by atoms with Crippen molar-refractivity contribution in [2.24, 2.45) is 0 Å². The van der Waals surface area contributed by atoms with Gasteiger partial charge in [-0.1, -0.05) is 36.5 Å². The van der Waals surface area contributed by atoms with Gasteiger partial charge in [-0.25, -0.2) is 18.4 Å². The van der Waals surface area contributed by atoms with E-state index in [0.717, 1.165) is 23.5 Å². The van der Waals surface area contributed by atoms with Gasteiger partial charge in [0, 0.05) is 24.0 Å². The van der Waals surface area contributed by atoms with Gasteiger partial charge in [-0.2, -0.15) is 0 Å². The van der Waals surface area contributed by atoms with Crippen LogP contribution in [0.2, 0.25) is 5.15 Å². The summed E-state index contributed by atoms with van der Waals surface area (Å²) in [5.74, 6) is 0.229. The van der Waals surface area contributed by atoms with Crippen LogP contribution in [0.1, 0.15) is 25.3 Å². The van der Waals surface area contributed by atoms with Crippen LogP contribution < -0.4 is 29.6 Å². The molecule has 6 nitrogen and oxygen atoms in total. The fraction of sp³-hybridized carbons (Fsp3) is 0.385. The Bertz CT molecular complexity index is 809. The summed E-state index contributed by atoms with van der Waals surface area (Å²) < 4.78 is 41.4. The number of aromatic nitrogens is 2. The van der Waals surface area contributed by atoms with Gasteiger partial charge in [-0.05, 0) is 29.2 Å². The smallest absolute Gasteiger partial charge is 0.773 e. The van der Waals surface area contributed by atoms with E-state index >= 15 is 0 Å². The average Bonchev–Trinajstić information content (AvgIpc) is 2.34. The van der Waals surface area contributed by atoms with E-state index in [1.165, 1.54) is 6.20 Å². The first-order valence-corrected chi connectivity index (χ1v) is 9.94.